The first-order chi connectivity index (χ1) is 11.1. The van der Waals surface area contributed by atoms with Crippen LogP contribution in [0.2, 0.25) is 0 Å². The van der Waals surface area contributed by atoms with Crippen LogP contribution in [0, 0.1) is 0 Å². The van der Waals surface area contributed by atoms with Crippen LogP contribution >= 0.6 is 0 Å². The van der Waals surface area contributed by atoms with Crippen LogP contribution in [-0.2, 0) is 17.9 Å². The highest BCUT2D eigenvalue weighted by molar-refractivity contribution is 5.79. The lowest BCUT2D eigenvalue weighted by Gasteiger charge is -2.05. The van der Waals surface area contributed by atoms with E-state index in [0.717, 1.165) is 0 Å². The minimum atomic E-state index is -0.254. The van der Waals surface area contributed by atoms with Crippen LogP contribution in [0.3, 0.4) is 0 Å². The van der Waals surface area contributed by atoms with Gasteiger partial charge in [0.15, 0.2) is 5.65 Å². The number of fused-ring (bicyclic) bond motifs is 1. The first-order valence-electron chi connectivity index (χ1n) is 7.42. The number of hydrogen-bond acceptors (Lipinski definition) is 4. The van der Waals surface area contributed by atoms with Crippen molar-refractivity contribution in [1.82, 2.24) is 19.4 Å². The summed E-state index contributed by atoms with van der Waals surface area (Å²) in [5, 5.41) is 2.74. The molecule has 0 aliphatic rings. The molecule has 0 aliphatic carbocycles. The maximum Gasteiger partial charge on any atom is 0.331 e. The van der Waals surface area contributed by atoms with E-state index in [1.165, 1.54) is 4.57 Å². The van der Waals surface area contributed by atoms with Crippen LogP contribution in [0.4, 0.5) is 0 Å². The molecular formula is C16H18N4O3. The Balaban J connectivity index is 1.86. The molecule has 120 valence electrons. The fourth-order valence-corrected chi connectivity index (χ4v) is 2.53. The number of nitrogens with zero attached hydrogens (tertiary/aromatic N) is 3. The molecule has 0 bridgehead atoms. The number of hydrogen-bond donors (Lipinski definition) is 1. The summed E-state index contributed by atoms with van der Waals surface area (Å²) in [7, 11) is 0. The van der Waals surface area contributed by atoms with Gasteiger partial charge in [-0.1, -0.05) is 0 Å². The normalized spacial score (nSPS) is 11.3. The Morgan fingerprint density at radius 2 is 2.17 bits per heavy atom. The number of carbonyl (C=O) groups is 1. The van der Waals surface area contributed by atoms with Crippen LogP contribution in [0.5, 0.6) is 0 Å². The van der Waals surface area contributed by atoms with Crippen LogP contribution in [-0.4, -0.2) is 20.0 Å². The Kier molecular flexibility index (Phi) is 4.01. The monoisotopic (exact) mass is 314 g/mol. The smallest absolute Gasteiger partial charge is 0.331 e. The molecule has 1 N–H and O–H groups in total. The summed E-state index contributed by atoms with van der Waals surface area (Å²) in [6.45, 7) is 4.07. The molecule has 3 aromatic heterocycles. The largest absolute Gasteiger partial charge is 0.467 e. The van der Waals surface area contributed by atoms with Gasteiger partial charge in [0, 0.05) is 12.2 Å². The van der Waals surface area contributed by atoms with E-state index < -0.39 is 0 Å². The molecule has 1 amide bonds. The van der Waals surface area contributed by atoms with Crippen molar-refractivity contribution in [2.24, 2.45) is 0 Å². The van der Waals surface area contributed by atoms with Crippen LogP contribution in [0.1, 0.15) is 25.6 Å². The summed E-state index contributed by atoms with van der Waals surface area (Å²) >= 11 is 0. The molecule has 3 heterocycles. The van der Waals surface area contributed by atoms with E-state index in [-0.39, 0.29) is 24.2 Å². The van der Waals surface area contributed by atoms with E-state index in [4.69, 9.17) is 4.42 Å². The van der Waals surface area contributed by atoms with Crippen molar-refractivity contribution in [1.29, 1.82) is 0 Å². The molecule has 0 unspecified atom stereocenters. The lowest BCUT2D eigenvalue weighted by atomic mass is 10.4. The lowest BCUT2D eigenvalue weighted by molar-refractivity contribution is -0.121. The summed E-state index contributed by atoms with van der Waals surface area (Å²) in [5.74, 6) is 0.409. The van der Waals surface area contributed by atoms with Crippen molar-refractivity contribution in [3.8, 4) is 0 Å². The molecule has 0 radical (unpaired) electrons. The fraction of sp³-hybridized carbons (Fsp3) is 0.312. The summed E-state index contributed by atoms with van der Waals surface area (Å²) < 4.78 is 8.20. The third-order valence-corrected chi connectivity index (χ3v) is 3.58. The van der Waals surface area contributed by atoms with Crippen molar-refractivity contribution in [3.63, 3.8) is 0 Å². The molecule has 0 fully saturated rings. The van der Waals surface area contributed by atoms with Gasteiger partial charge in [0.25, 0.3) is 0 Å². The molecule has 7 heteroatoms. The highest BCUT2D eigenvalue weighted by Crippen LogP contribution is 2.14. The Hall–Kier alpha value is -2.83. The zero-order valence-corrected chi connectivity index (χ0v) is 13.0. The standard InChI is InChI=1S/C16H18N4O3/c1-11(2)20-15-13(6-3-7-17-15)19(16(20)22)10-14(21)18-9-12-5-4-8-23-12/h3-8,11H,9-10H2,1-2H3,(H,18,21). The Morgan fingerprint density at radius 3 is 2.87 bits per heavy atom. The highest BCUT2D eigenvalue weighted by Gasteiger charge is 2.17. The number of furan rings is 1. The van der Waals surface area contributed by atoms with Gasteiger partial charge in [-0.15, -0.1) is 0 Å². The summed E-state index contributed by atoms with van der Waals surface area (Å²) in [4.78, 5) is 29.0. The van der Waals surface area contributed by atoms with E-state index in [1.54, 1.807) is 41.3 Å². The van der Waals surface area contributed by atoms with Crippen LogP contribution in [0.15, 0.2) is 45.9 Å². The lowest BCUT2D eigenvalue weighted by Crippen LogP contribution is -2.33. The third-order valence-electron chi connectivity index (χ3n) is 3.58. The quantitative estimate of drug-likeness (QED) is 0.777. The average molecular weight is 314 g/mol. The molecule has 0 saturated heterocycles. The predicted molar refractivity (Wildman–Crippen MR) is 84.9 cm³/mol. The van der Waals surface area contributed by atoms with Gasteiger partial charge < -0.3 is 9.73 Å². The number of nitrogens with one attached hydrogen (secondary N) is 1. The number of carbonyl (C=O) groups excluding carboxylic acids is 1. The second kappa shape index (κ2) is 6.12. The minimum Gasteiger partial charge on any atom is -0.467 e. The maximum absolute atomic E-state index is 12.6. The predicted octanol–water partition coefficient (Wildman–Crippen LogP) is 1.69. The van der Waals surface area contributed by atoms with Crippen molar-refractivity contribution in [2.45, 2.75) is 33.0 Å². The summed E-state index contributed by atoms with van der Waals surface area (Å²) in [6.07, 6.45) is 3.19. The Morgan fingerprint density at radius 1 is 1.35 bits per heavy atom. The van der Waals surface area contributed by atoms with Gasteiger partial charge in [-0.2, -0.15) is 0 Å². The van der Waals surface area contributed by atoms with E-state index in [1.807, 2.05) is 13.8 Å². The Labute approximate surface area is 132 Å². The summed E-state index contributed by atoms with van der Waals surface area (Å²) in [6, 6.07) is 7.05. The van der Waals surface area contributed by atoms with Crippen LogP contribution in [0.25, 0.3) is 11.2 Å². The molecule has 0 aromatic carbocycles. The third kappa shape index (κ3) is 2.90. The first-order valence-corrected chi connectivity index (χ1v) is 7.42. The molecule has 3 aromatic rings. The van der Waals surface area contributed by atoms with Crippen molar-refractivity contribution in [3.05, 3.63) is 53.0 Å². The van der Waals surface area contributed by atoms with Gasteiger partial charge >= 0.3 is 5.69 Å². The molecular weight excluding hydrogens is 296 g/mol. The number of aromatic nitrogens is 3. The van der Waals surface area contributed by atoms with E-state index in [2.05, 4.69) is 10.3 Å². The van der Waals surface area contributed by atoms with Gasteiger partial charge in [-0.3, -0.25) is 13.9 Å². The molecule has 0 spiro atoms. The second-order valence-electron chi connectivity index (χ2n) is 5.53. The van der Waals surface area contributed by atoms with E-state index in [0.29, 0.717) is 23.5 Å². The van der Waals surface area contributed by atoms with Gasteiger partial charge in [0.05, 0.1) is 18.3 Å². The van der Waals surface area contributed by atoms with Crippen molar-refractivity contribution in [2.75, 3.05) is 0 Å². The van der Waals surface area contributed by atoms with Gasteiger partial charge in [-0.25, -0.2) is 9.78 Å². The SMILES string of the molecule is CC(C)n1c(=O)n(CC(=O)NCc2ccco2)c2cccnc21. The van der Waals surface area contributed by atoms with Gasteiger partial charge in [-0.05, 0) is 38.1 Å². The first kappa shape index (κ1) is 15.1. The molecule has 3 rings (SSSR count). The zero-order chi connectivity index (χ0) is 16.4. The topological polar surface area (TPSA) is 82.1 Å². The molecule has 0 atom stereocenters. The summed E-state index contributed by atoms with van der Waals surface area (Å²) in [5.41, 5.74) is 1.01. The molecule has 23 heavy (non-hydrogen) atoms. The van der Waals surface area contributed by atoms with E-state index in [9.17, 15) is 9.59 Å². The number of pyridine rings is 1. The highest BCUT2D eigenvalue weighted by atomic mass is 16.3. The molecule has 0 saturated carbocycles. The zero-order valence-electron chi connectivity index (χ0n) is 13.0. The minimum absolute atomic E-state index is 0.0349. The van der Waals surface area contributed by atoms with Crippen molar-refractivity contribution < 1.29 is 9.21 Å². The van der Waals surface area contributed by atoms with Gasteiger partial charge in [0.1, 0.15) is 12.3 Å². The average Bonchev–Trinajstić information content (AvgIpc) is 3.12. The number of amides is 1. The van der Waals surface area contributed by atoms with Gasteiger partial charge in [0.2, 0.25) is 5.91 Å². The second-order valence-corrected chi connectivity index (χ2v) is 5.53. The number of rotatable bonds is 5. The fourth-order valence-electron chi connectivity index (χ4n) is 2.53. The molecule has 0 aliphatic heterocycles. The van der Waals surface area contributed by atoms with Crippen molar-refractivity contribution >= 4 is 17.1 Å². The maximum atomic E-state index is 12.6. The van der Waals surface area contributed by atoms with E-state index >= 15 is 0 Å². The Bertz CT molecular complexity index is 875. The number of imidazole rings is 1. The van der Waals surface area contributed by atoms with Crippen LogP contribution < -0.4 is 11.0 Å². The molecule has 7 nitrogen and oxygen atoms in total.